The highest BCUT2D eigenvalue weighted by Gasteiger charge is 2.44. The Balaban J connectivity index is 0.654. The van der Waals surface area contributed by atoms with Crippen LogP contribution in [0.1, 0.15) is 75.9 Å². The van der Waals surface area contributed by atoms with Crippen molar-refractivity contribution in [2.75, 3.05) is 87.7 Å². The molecule has 4 aliphatic heterocycles. The number of nitrogens with two attached hydrogens (primary N) is 1. The number of thiazole rings is 1. The van der Waals surface area contributed by atoms with Crippen LogP contribution in [0.25, 0.3) is 21.7 Å². The molecule has 78 heavy (non-hydrogen) atoms. The fourth-order valence-electron chi connectivity index (χ4n) is 11.3. The number of benzene rings is 2. The number of nitrogens with zero attached hydrogens (tertiary/aromatic N) is 10. The van der Waals surface area contributed by atoms with E-state index >= 15 is 0 Å². The fourth-order valence-corrected chi connectivity index (χ4v) is 12.1. The van der Waals surface area contributed by atoms with Crippen LogP contribution < -0.4 is 35.6 Å². The van der Waals surface area contributed by atoms with Gasteiger partial charge in [0.2, 0.25) is 23.6 Å². The lowest BCUT2D eigenvalue weighted by atomic mass is 9.91. The molecule has 2 unspecified atom stereocenters. The Morgan fingerprint density at radius 2 is 1.58 bits per heavy atom. The zero-order chi connectivity index (χ0) is 54.5. The van der Waals surface area contributed by atoms with Gasteiger partial charge < -0.3 is 55.3 Å². The summed E-state index contributed by atoms with van der Waals surface area (Å²) in [5.74, 6) is 0.0179. The van der Waals surface area contributed by atoms with Gasteiger partial charge in [-0.15, -0.1) is 21.5 Å². The van der Waals surface area contributed by atoms with E-state index in [0.717, 1.165) is 91.7 Å². The maximum Gasteiger partial charge on any atom is 0.254 e. The van der Waals surface area contributed by atoms with Gasteiger partial charge in [0.1, 0.15) is 30.9 Å². The molecule has 0 saturated carbocycles. The predicted molar refractivity (Wildman–Crippen MR) is 295 cm³/mol. The van der Waals surface area contributed by atoms with Crippen molar-refractivity contribution in [1.29, 1.82) is 0 Å². The number of anilines is 3. The number of fused-ring (bicyclic) bond motifs is 2. The van der Waals surface area contributed by atoms with Crippen molar-refractivity contribution in [3.05, 3.63) is 102 Å². The number of aromatic hydroxyl groups is 1. The molecule has 10 rings (SSSR count). The van der Waals surface area contributed by atoms with Gasteiger partial charge in [-0.25, -0.2) is 9.97 Å². The van der Waals surface area contributed by atoms with Gasteiger partial charge in [-0.1, -0.05) is 50.2 Å². The highest BCUT2D eigenvalue weighted by atomic mass is 32.1. The lowest BCUT2D eigenvalue weighted by molar-refractivity contribution is -0.141. The Bertz CT molecular complexity index is 3030. The van der Waals surface area contributed by atoms with E-state index in [1.165, 1.54) is 23.2 Å². The highest BCUT2D eigenvalue weighted by molar-refractivity contribution is 7.13. The van der Waals surface area contributed by atoms with Gasteiger partial charge in [0.15, 0.2) is 11.6 Å². The monoisotopic (exact) mass is 1080 g/mol. The molecular weight excluding hydrogens is 1010 g/mol. The van der Waals surface area contributed by atoms with E-state index in [-0.39, 0.29) is 66.4 Å². The molecule has 6 N–H and O–H groups in total. The average molecular weight is 1080 g/mol. The van der Waals surface area contributed by atoms with Crippen molar-refractivity contribution in [3.63, 3.8) is 0 Å². The third kappa shape index (κ3) is 12.3. The van der Waals surface area contributed by atoms with Gasteiger partial charge in [0.05, 0.1) is 46.2 Å². The first-order valence-electron chi connectivity index (χ1n) is 26.9. The minimum absolute atomic E-state index is 0.0256. The Morgan fingerprint density at radius 3 is 2.27 bits per heavy atom. The topological polar surface area (TPSA) is 254 Å². The van der Waals surface area contributed by atoms with Crippen molar-refractivity contribution >= 4 is 46.3 Å². The highest BCUT2D eigenvalue weighted by Crippen LogP contribution is 2.40. The molecule has 4 aliphatic rings. The van der Waals surface area contributed by atoms with Crippen LogP contribution in [0, 0.1) is 5.92 Å². The fraction of sp³-hybridized carbons (Fsp3) is 0.464. The Morgan fingerprint density at radius 1 is 0.872 bits per heavy atom. The van der Waals surface area contributed by atoms with E-state index in [9.17, 15) is 24.6 Å². The van der Waals surface area contributed by atoms with Gasteiger partial charge in [-0.3, -0.25) is 24.2 Å². The second-order valence-corrected chi connectivity index (χ2v) is 21.9. The number of amides is 3. The summed E-state index contributed by atoms with van der Waals surface area (Å²) in [5.41, 5.74) is 13.9. The van der Waals surface area contributed by atoms with Crippen LogP contribution in [0.3, 0.4) is 0 Å². The third-order valence-electron chi connectivity index (χ3n) is 15.4. The van der Waals surface area contributed by atoms with E-state index in [1.54, 1.807) is 23.7 Å². The van der Waals surface area contributed by atoms with Gasteiger partial charge in [-0.05, 0) is 66.2 Å². The number of para-hydroxylation sites is 1. The van der Waals surface area contributed by atoms with Gasteiger partial charge in [-0.2, -0.15) is 0 Å². The van der Waals surface area contributed by atoms with E-state index < -0.39 is 18.1 Å². The Hall–Kier alpha value is -7.40. The lowest BCUT2D eigenvalue weighted by Gasteiger charge is -2.43. The van der Waals surface area contributed by atoms with Crippen LogP contribution in [0.5, 0.6) is 17.5 Å². The maximum absolute atomic E-state index is 14.3. The number of nitrogen functional groups attached to an aromatic ring is 1. The number of aliphatic hydroxyl groups excluding tert-OH is 1. The molecule has 0 radical (unpaired) electrons. The van der Waals surface area contributed by atoms with Gasteiger partial charge in [0, 0.05) is 114 Å². The van der Waals surface area contributed by atoms with Crippen LogP contribution in [0.15, 0.2) is 89.0 Å². The zero-order valence-corrected chi connectivity index (χ0v) is 45.3. The predicted octanol–water partition coefficient (Wildman–Crippen LogP) is 5.09. The molecule has 8 heterocycles. The SMILES string of the molecule is CC(=O)NCc1ncsc1-c1ccc([C@H](C)NC(=O)[C@@H]2C[C@@H](O)CN2C(=O)[C@@H](c2cc(OCCN3CCN(CCOc4cc(N5C6CCC5CN(c5cc(-c7ccccc7O)nnc5N)C6)ccn4)CC3)no2)C(C)C)cc1. The number of nitrogens with one attached hydrogen (secondary N) is 2. The number of phenolic OH excluding ortho intramolecular Hbond substituents is 1. The third-order valence-corrected chi connectivity index (χ3v) is 16.3. The molecule has 6 atom stereocenters. The number of likely N-dealkylation sites (tertiary alicyclic amines) is 1. The number of pyridine rings is 1. The number of rotatable bonds is 20. The lowest BCUT2D eigenvalue weighted by Crippen LogP contribution is -2.54. The second-order valence-electron chi connectivity index (χ2n) is 21.0. The van der Waals surface area contributed by atoms with Gasteiger partial charge >= 0.3 is 0 Å². The smallest absolute Gasteiger partial charge is 0.254 e. The molecular formula is C56H69N13O8S. The number of aliphatic hydroxyl groups is 1. The summed E-state index contributed by atoms with van der Waals surface area (Å²) >= 11 is 1.49. The summed E-state index contributed by atoms with van der Waals surface area (Å²) in [7, 11) is 0. The number of aromatic nitrogens is 5. The largest absolute Gasteiger partial charge is 0.507 e. The first-order valence-corrected chi connectivity index (χ1v) is 27.8. The first kappa shape index (κ1) is 54.0. The minimum Gasteiger partial charge on any atom is -0.507 e. The maximum atomic E-state index is 14.3. The number of piperazine rings is 2. The molecule has 2 bridgehead atoms. The van der Waals surface area contributed by atoms with Crippen molar-refractivity contribution in [3.8, 4) is 39.2 Å². The Labute approximate surface area is 457 Å². The molecule has 4 saturated heterocycles. The number of phenols is 1. The average Bonchev–Trinajstić information content (AvgIpc) is 4.39. The van der Waals surface area contributed by atoms with Crippen LogP contribution >= 0.6 is 11.3 Å². The summed E-state index contributed by atoms with van der Waals surface area (Å²) in [6, 6.07) is 21.9. The van der Waals surface area contributed by atoms with E-state index in [1.807, 2.05) is 69.4 Å². The van der Waals surface area contributed by atoms with Crippen molar-refractivity contribution in [2.45, 2.75) is 89.7 Å². The minimum atomic E-state index is -0.868. The molecule has 4 fully saturated rings. The molecule has 21 nitrogen and oxygen atoms in total. The Kier molecular flexibility index (Phi) is 16.7. The summed E-state index contributed by atoms with van der Waals surface area (Å²) in [5, 5.41) is 39.8. The molecule has 0 spiro atoms. The number of carbonyl (C=O) groups is 3. The first-order chi connectivity index (χ1) is 37.8. The van der Waals surface area contributed by atoms with E-state index in [4.69, 9.17) is 19.7 Å². The van der Waals surface area contributed by atoms with Crippen molar-refractivity contribution in [2.24, 2.45) is 5.92 Å². The molecule has 4 aromatic heterocycles. The molecule has 22 heteroatoms. The molecule has 0 aliphatic carbocycles. The molecule has 412 valence electrons. The summed E-state index contributed by atoms with van der Waals surface area (Å²) in [6.45, 7) is 15.0. The summed E-state index contributed by atoms with van der Waals surface area (Å²) in [4.78, 5) is 60.5. The number of carbonyl (C=O) groups excluding carboxylic acids is 3. The molecule has 6 aromatic rings. The van der Waals surface area contributed by atoms with Crippen LogP contribution in [-0.4, -0.2) is 164 Å². The standard InChI is InChI=1S/C56H69N13O8S/c1-34(2)52(56(74)68-32-42(71)26-47(68)55(73)61-35(3)37-9-11-38(12-10-37)53-45(60-33-78-53)29-59-36(4)70)49-28-51(64-77-49)76-24-22-66-19-17-65(18-20-66)21-23-75-50-25-39(15-16-58-50)69-40-13-14-41(69)31-67(30-40)46-27-44(62-63-54(46)57)43-7-5-6-8-48(43)72/h5-12,15-16,25,27-28,33-35,40-42,47,52,71-72H,13-14,17-24,26,29-32H2,1-4H3,(H2,57,63)(H,59,70)(H,61,73)/t35-,40?,41?,42+,47-,52+/m0/s1. The van der Waals surface area contributed by atoms with Crippen LogP contribution in [-0.2, 0) is 20.9 Å². The quantitative estimate of drug-likeness (QED) is 0.0668. The van der Waals surface area contributed by atoms with E-state index in [2.05, 4.69) is 67.7 Å². The number of hydrogen-bond acceptors (Lipinski definition) is 19. The van der Waals surface area contributed by atoms with Crippen LogP contribution in [0.4, 0.5) is 17.2 Å². The van der Waals surface area contributed by atoms with E-state index in [0.29, 0.717) is 55.0 Å². The zero-order valence-electron chi connectivity index (χ0n) is 44.5. The molecule has 3 amide bonds. The number of hydrogen-bond donors (Lipinski definition) is 5. The summed E-state index contributed by atoms with van der Waals surface area (Å²) in [6.07, 6.45) is 3.20. The van der Waals surface area contributed by atoms with Gasteiger partial charge in [0.25, 0.3) is 5.88 Å². The number of ether oxygens (including phenoxy) is 2. The van der Waals surface area contributed by atoms with Crippen LogP contribution in [0.2, 0.25) is 0 Å². The normalized spacial score (nSPS) is 20.5. The summed E-state index contributed by atoms with van der Waals surface area (Å²) < 4.78 is 18.0. The molecule has 2 aromatic carbocycles. The van der Waals surface area contributed by atoms with Crippen molar-refractivity contribution < 1.29 is 38.6 Å². The second kappa shape index (κ2) is 24.1. The van der Waals surface area contributed by atoms with Crippen molar-refractivity contribution in [1.82, 2.24) is 50.7 Å². The number of β-amino-alcohol motifs (C(OH)–C–C–N with tert-alkyl or cyclic N) is 1.